The molecule has 0 amide bonds. The van der Waals surface area contributed by atoms with Crippen molar-refractivity contribution < 1.29 is 0 Å². The fraction of sp³-hybridized carbons (Fsp3) is 0. The van der Waals surface area contributed by atoms with Crippen LogP contribution in [0, 0.1) is 0 Å². The largest absolute Gasteiger partial charge is 0.384 e. The van der Waals surface area contributed by atoms with Crippen molar-refractivity contribution in [3.8, 4) is 11.3 Å². The molecule has 0 aliphatic rings. The molecular weight excluding hydrogens is 194 g/mol. The molecule has 3 rings (SSSR count). The monoisotopic (exact) mass is 201 g/mol. The second-order valence-electron chi connectivity index (χ2n) is 3.02. The highest BCUT2D eigenvalue weighted by atomic mass is 15.1. The third kappa shape index (κ3) is 1.06. The SMILES string of the molecule is Nc1[nH]ncc1-c1ncnc2nc[nH]c12. The molecule has 7 heteroatoms. The van der Waals surface area contributed by atoms with E-state index in [2.05, 4.69) is 30.1 Å². The summed E-state index contributed by atoms with van der Waals surface area (Å²) in [6.07, 6.45) is 4.64. The summed E-state index contributed by atoms with van der Waals surface area (Å²) in [5.41, 5.74) is 8.53. The minimum Gasteiger partial charge on any atom is -0.384 e. The lowest BCUT2D eigenvalue weighted by Crippen LogP contribution is -1.92. The van der Waals surface area contributed by atoms with Crippen LogP contribution in [0.1, 0.15) is 0 Å². The first kappa shape index (κ1) is 7.92. The molecule has 0 aromatic carbocycles. The van der Waals surface area contributed by atoms with Gasteiger partial charge in [0, 0.05) is 0 Å². The number of fused-ring (bicyclic) bond motifs is 1. The molecule has 15 heavy (non-hydrogen) atoms. The highest BCUT2D eigenvalue weighted by Gasteiger charge is 2.11. The Morgan fingerprint density at radius 2 is 2.13 bits per heavy atom. The first-order chi connectivity index (χ1) is 7.36. The molecule has 0 aliphatic carbocycles. The first-order valence-corrected chi connectivity index (χ1v) is 4.29. The van der Waals surface area contributed by atoms with Gasteiger partial charge in [-0.3, -0.25) is 5.10 Å². The van der Waals surface area contributed by atoms with Gasteiger partial charge >= 0.3 is 0 Å². The van der Waals surface area contributed by atoms with Crippen LogP contribution in [0.15, 0.2) is 18.9 Å². The Morgan fingerprint density at radius 1 is 1.20 bits per heavy atom. The maximum Gasteiger partial charge on any atom is 0.181 e. The zero-order chi connectivity index (χ0) is 10.3. The Balaban J connectivity index is 2.36. The van der Waals surface area contributed by atoms with Crippen molar-refractivity contribution in [2.45, 2.75) is 0 Å². The van der Waals surface area contributed by atoms with Crippen LogP contribution in [0.25, 0.3) is 22.4 Å². The second-order valence-corrected chi connectivity index (χ2v) is 3.02. The van der Waals surface area contributed by atoms with E-state index >= 15 is 0 Å². The van der Waals surface area contributed by atoms with Crippen LogP contribution in [0.4, 0.5) is 5.82 Å². The topological polar surface area (TPSA) is 109 Å². The van der Waals surface area contributed by atoms with Crippen LogP contribution < -0.4 is 5.73 Å². The highest BCUT2D eigenvalue weighted by molar-refractivity contribution is 5.89. The van der Waals surface area contributed by atoms with Gasteiger partial charge in [0.15, 0.2) is 5.65 Å². The molecule has 0 aliphatic heterocycles. The van der Waals surface area contributed by atoms with Crippen molar-refractivity contribution in [3.63, 3.8) is 0 Å². The first-order valence-electron chi connectivity index (χ1n) is 4.29. The normalized spacial score (nSPS) is 10.9. The summed E-state index contributed by atoms with van der Waals surface area (Å²) in [6, 6.07) is 0. The number of nitrogens with two attached hydrogens (primary N) is 1. The summed E-state index contributed by atoms with van der Waals surface area (Å²) >= 11 is 0. The molecule has 3 aromatic heterocycles. The number of imidazole rings is 1. The zero-order valence-corrected chi connectivity index (χ0v) is 7.60. The van der Waals surface area contributed by atoms with E-state index < -0.39 is 0 Å². The van der Waals surface area contributed by atoms with Gasteiger partial charge in [0.2, 0.25) is 0 Å². The van der Waals surface area contributed by atoms with Crippen molar-refractivity contribution >= 4 is 17.0 Å². The predicted octanol–water partition coefficient (Wildman–Crippen LogP) is 0.325. The van der Waals surface area contributed by atoms with E-state index in [1.54, 1.807) is 12.5 Å². The number of nitrogen functional groups attached to an aromatic ring is 1. The maximum absolute atomic E-state index is 5.72. The molecule has 0 radical (unpaired) electrons. The molecule has 0 fully saturated rings. The molecule has 4 N–H and O–H groups in total. The van der Waals surface area contributed by atoms with E-state index in [0.29, 0.717) is 17.2 Å². The van der Waals surface area contributed by atoms with E-state index in [4.69, 9.17) is 5.73 Å². The molecule has 0 bridgehead atoms. The molecule has 0 saturated carbocycles. The van der Waals surface area contributed by atoms with Crippen LogP contribution in [-0.2, 0) is 0 Å². The number of hydrogen-bond acceptors (Lipinski definition) is 5. The smallest absolute Gasteiger partial charge is 0.181 e. The fourth-order valence-electron chi connectivity index (χ4n) is 1.45. The zero-order valence-electron chi connectivity index (χ0n) is 7.60. The molecule has 74 valence electrons. The summed E-state index contributed by atoms with van der Waals surface area (Å²) in [5, 5.41) is 6.50. The van der Waals surface area contributed by atoms with Crippen molar-refractivity contribution in [1.82, 2.24) is 30.1 Å². The van der Waals surface area contributed by atoms with Crippen molar-refractivity contribution in [3.05, 3.63) is 18.9 Å². The Hall–Kier alpha value is -2.44. The lowest BCUT2D eigenvalue weighted by Gasteiger charge is -1.98. The summed E-state index contributed by atoms with van der Waals surface area (Å²) in [4.78, 5) is 15.2. The van der Waals surface area contributed by atoms with Crippen molar-refractivity contribution in [1.29, 1.82) is 0 Å². The predicted molar refractivity (Wildman–Crippen MR) is 53.7 cm³/mol. The Bertz CT molecular complexity index is 608. The average Bonchev–Trinajstić information content (AvgIpc) is 2.85. The van der Waals surface area contributed by atoms with Gasteiger partial charge in [0.1, 0.15) is 23.4 Å². The molecule has 7 nitrogen and oxygen atoms in total. The third-order valence-electron chi connectivity index (χ3n) is 2.15. The van der Waals surface area contributed by atoms with Crippen molar-refractivity contribution in [2.75, 3.05) is 5.73 Å². The van der Waals surface area contributed by atoms with Gasteiger partial charge in [-0.25, -0.2) is 15.0 Å². The number of nitrogens with zero attached hydrogens (tertiary/aromatic N) is 4. The van der Waals surface area contributed by atoms with E-state index in [-0.39, 0.29) is 0 Å². The molecule has 0 spiro atoms. The van der Waals surface area contributed by atoms with Gasteiger partial charge in [0.25, 0.3) is 0 Å². The van der Waals surface area contributed by atoms with Gasteiger partial charge in [-0.05, 0) is 0 Å². The number of anilines is 1. The van der Waals surface area contributed by atoms with Crippen LogP contribution in [0.2, 0.25) is 0 Å². The summed E-state index contributed by atoms with van der Waals surface area (Å²) < 4.78 is 0. The standard InChI is InChI=1S/C8H7N7/c9-7-4(1-14-15-7)5-6-8(12-2-10-5)13-3-11-6/h1-3H,(H3,9,14,15)(H,10,11,12,13). The maximum atomic E-state index is 5.72. The second kappa shape index (κ2) is 2.77. The van der Waals surface area contributed by atoms with Gasteiger partial charge < -0.3 is 10.7 Å². The van der Waals surface area contributed by atoms with Crippen LogP contribution in [0.3, 0.4) is 0 Å². The van der Waals surface area contributed by atoms with Crippen LogP contribution in [0.5, 0.6) is 0 Å². The number of aromatic amines is 2. The molecule has 3 heterocycles. The number of hydrogen-bond donors (Lipinski definition) is 3. The summed E-state index contributed by atoms with van der Waals surface area (Å²) in [7, 11) is 0. The Morgan fingerprint density at radius 3 is 2.93 bits per heavy atom. The van der Waals surface area contributed by atoms with Crippen molar-refractivity contribution in [2.24, 2.45) is 0 Å². The average molecular weight is 201 g/mol. The molecular formula is C8H7N7. The molecule has 0 saturated heterocycles. The Labute approximate surface area is 83.8 Å². The van der Waals surface area contributed by atoms with Gasteiger partial charge in [-0.1, -0.05) is 0 Å². The lowest BCUT2D eigenvalue weighted by atomic mass is 10.2. The third-order valence-corrected chi connectivity index (χ3v) is 2.15. The fourth-order valence-corrected chi connectivity index (χ4v) is 1.45. The minimum absolute atomic E-state index is 0.476. The van der Waals surface area contributed by atoms with Gasteiger partial charge in [0.05, 0.1) is 18.1 Å². The van der Waals surface area contributed by atoms with Gasteiger partial charge in [-0.2, -0.15) is 5.10 Å². The number of aromatic nitrogens is 6. The Kier molecular flexibility index (Phi) is 1.46. The number of nitrogens with one attached hydrogen (secondary N) is 2. The summed E-state index contributed by atoms with van der Waals surface area (Å²) in [6.45, 7) is 0. The van der Waals surface area contributed by atoms with Gasteiger partial charge in [-0.15, -0.1) is 0 Å². The molecule has 3 aromatic rings. The van der Waals surface area contributed by atoms with E-state index in [9.17, 15) is 0 Å². The van der Waals surface area contributed by atoms with E-state index in [1.165, 1.54) is 6.33 Å². The molecule has 0 atom stereocenters. The summed E-state index contributed by atoms with van der Waals surface area (Å²) in [5.74, 6) is 0.476. The number of rotatable bonds is 1. The highest BCUT2D eigenvalue weighted by Crippen LogP contribution is 2.25. The van der Waals surface area contributed by atoms with Crippen LogP contribution in [-0.4, -0.2) is 30.1 Å². The van der Waals surface area contributed by atoms with E-state index in [0.717, 1.165) is 11.1 Å². The minimum atomic E-state index is 0.476. The van der Waals surface area contributed by atoms with E-state index in [1.807, 2.05) is 0 Å². The number of H-pyrrole nitrogens is 2. The lowest BCUT2D eigenvalue weighted by molar-refractivity contribution is 1.10. The molecule has 0 unspecified atom stereocenters. The van der Waals surface area contributed by atoms with Crippen LogP contribution >= 0.6 is 0 Å². The quantitative estimate of drug-likeness (QED) is 0.525.